The van der Waals surface area contributed by atoms with Crippen LogP contribution in [0.3, 0.4) is 0 Å². The van der Waals surface area contributed by atoms with Gasteiger partial charge in [-0.3, -0.25) is 14.5 Å². The average Bonchev–Trinajstić information content (AvgIpc) is 3.37. The summed E-state index contributed by atoms with van der Waals surface area (Å²) in [7, 11) is 0. The van der Waals surface area contributed by atoms with Crippen LogP contribution in [0.1, 0.15) is 274 Å². The Morgan fingerprint density at radius 2 is 0.639 bits per heavy atom. The minimum Gasteiger partial charge on any atom is -0.465 e. The maximum Gasteiger partial charge on any atom is 0.508 e. The standard InChI is InChI=1S/C60H116N2O10/c1-9-17-23-29-39-55(41-31-33-43-57(63)69-51-53(35-25-19-11-3)36-26-20-12-4)71-59(65)67-49-47-62(46-45-61(15-7)16-8)48-50-68-60(66)72-56(40-30-24-18-10-2)42-32-34-44-58(64)70-52-54(37-27-21-13-5)38-28-22-14-6/h53-56H,9-52H2,1-8H3. The highest BCUT2D eigenvalue weighted by Crippen LogP contribution is 2.22. The predicted octanol–water partition coefficient (Wildman–Crippen LogP) is 16.4. The molecule has 0 heterocycles. The summed E-state index contributed by atoms with van der Waals surface area (Å²) < 4.78 is 34.7. The SMILES string of the molecule is CCCCCCC(CCCCC(=O)OCC(CCCCC)CCCCC)OC(=O)OCCN(CCOC(=O)OC(CCCCCC)CCCCC(=O)OCC(CCCCC)CCCCC)CCN(CC)CC. The van der Waals surface area contributed by atoms with Crippen molar-refractivity contribution in [2.24, 2.45) is 11.8 Å². The molecule has 12 heteroatoms. The second-order valence-corrected chi connectivity index (χ2v) is 20.8. The highest BCUT2D eigenvalue weighted by Gasteiger charge is 2.20. The lowest BCUT2D eigenvalue weighted by molar-refractivity contribution is -0.146. The smallest absolute Gasteiger partial charge is 0.465 e. The van der Waals surface area contributed by atoms with Crippen molar-refractivity contribution in [3.63, 3.8) is 0 Å². The van der Waals surface area contributed by atoms with Gasteiger partial charge >= 0.3 is 24.2 Å². The lowest BCUT2D eigenvalue weighted by Gasteiger charge is -2.26. The summed E-state index contributed by atoms with van der Waals surface area (Å²) in [6.07, 6.45) is 32.4. The zero-order valence-corrected chi connectivity index (χ0v) is 48.4. The summed E-state index contributed by atoms with van der Waals surface area (Å²) in [6, 6.07) is 0. The maximum atomic E-state index is 13.1. The van der Waals surface area contributed by atoms with Gasteiger partial charge in [0.25, 0.3) is 0 Å². The van der Waals surface area contributed by atoms with Crippen LogP contribution in [0.2, 0.25) is 0 Å². The van der Waals surface area contributed by atoms with Gasteiger partial charge in [-0.2, -0.15) is 0 Å². The minimum atomic E-state index is -0.665. The molecule has 0 aromatic rings. The Balaban J connectivity index is 5.18. The molecule has 0 aliphatic heterocycles. The molecule has 0 rings (SSSR count). The van der Waals surface area contributed by atoms with Crippen molar-refractivity contribution in [1.82, 2.24) is 9.80 Å². The number of carbonyl (C=O) groups is 4. The van der Waals surface area contributed by atoms with E-state index in [0.29, 0.717) is 76.7 Å². The number of likely N-dealkylation sites (N-methyl/N-ethyl adjacent to an activating group) is 1. The summed E-state index contributed by atoms with van der Waals surface area (Å²) in [5.41, 5.74) is 0. The van der Waals surface area contributed by atoms with E-state index in [1.54, 1.807) is 0 Å². The van der Waals surface area contributed by atoms with Crippen LogP contribution in [0.4, 0.5) is 9.59 Å². The first-order valence-electron chi connectivity index (χ1n) is 30.5. The van der Waals surface area contributed by atoms with Crippen LogP contribution >= 0.6 is 0 Å². The van der Waals surface area contributed by atoms with E-state index in [1.807, 2.05) is 0 Å². The van der Waals surface area contributed by atoms with E-state index in [2.05, 4.69) is 65.2 Å². The highest BCUT2D eigenvalue weighted by molar-refractivity contribution is 5.69. The fourth-order valence-corrected chi connectivity index (χ4v) is 9.34. The predicted molar refractivity (Wildman–Crippen MR) is 297 cm³/mol. The van der Waals surface area contributed by atoms with Crippen molar-refractivity contribution >= 4 is 24.2 Å². The summed E-state index contributed by atoms with van der Waals surface area (Å²) in [5.74, 6) is 0.642. The molecule has 0 aliphatic rings. The first-order chi connectivity index (χ1) is 35.1. The molecule has 0 amide bonds. The molecule has 0 N–H and O–H groups in total. The number of rotatable bonds is 53. The lowest BCUT2D eigenvalue weighted by atomic mass is 9.96. The molecule has 2 atom stereocenters. The van der Waals surface area contributed by atoms with Crippen LogP contribution in [0.5, 0.6) is 0 Å². The Labute approximate surface area is 443 Å². The molecule has 0 fully saturated rings. The molecule has 0 aromatic heterocycles. The third-order valence-electron chi connectivity index (χ3n) is 14.3. The number of hydrogen-bond donors (Lipinski definition) is 0. The fourth-order valence-electron chi connectivity index (χ4n) is 9.34. The van der Waals surface area contributed by atoms with Crippen LogP contribution in [0.15, 0.2) is 0 Å². The largest absolute Gasteiger partial charge is 0.508 e. The molecular weight excluding hydrogens is 909 g/mol. The highest BCUT2D eigenvalue weighted by atomic mass is 16.7. The van der Waals surface area contributed by atoms with Crippen molar-refractivity contribution in [2.75, 3.05) is 65.7 Å². The van der Waals surface area contributed by atoms with Crippen molar-refractivity contribution in [2.45, 2.75) is 286 Å². The normalized spacial score (nSPS) is 12.4. The summed E-state index contributed by atoms with van der Waals surface area (Å²) in [6.45, 7) is 23.2. The number of carbonyl (C=O) groups excluding carboxylic acids is 4. The van der Waals surface area contributed by atoms with E-state index in [4.69, 9.17) is 28.4 Å². The molecule has 0 spiro atoms. The van der Waals surface area contributed by atoms with Gasteiger partial charge in [0, 0.05) is 39.0 Å². The first kappa shape index (κ1) is 69.4. The molecular formula is C60H116N2O10. The van der Waals surface area contributed by atoms with Gasteiger partial charge in [0.2, 0.25) is 0 Å². The summed E-state index contributed by atoms with van der Waals surface area (Å²) in [4.78, 5) is 56.1. The van der Waals surface area contributed by atoms with Crippen molar-refractivity contribution in [3.05, 3.63) is 0 Å². The average molecular weight is 1030 g/mol. The molecule has 12 nitrogen and oxygen atoms in total. The zero-order chi connectivity index (χ0) is 53.1. The molecule has 0 radical (unpaired) electrons. The maximum absolute atomic E-state index is 13.1. The van der Waals surface area contributed by atoms with Crippen LogP contribution in [0, 0.1) is 11.8 Å². The second-order valence-electron chi connectivity index (χ2n) is 20.8. The Kier molecular flexibility index (Phi) is 50.0. The van der Waals surface area contributed by atoms with Crippen LogP contribution in [0.25, 0.3) is 0 Å². The zero-order valence-electron chi connectivity index (χ0n) is 48.4. The summed E-state index contributed by atoms with van der Waals surface area (Å²) >= 11 is 0. The fraction of sp³-hybridized carbons (Fsp3) is 0.933. The van der Waals surface area contributed by atoms with Gasteiger partial charge < -0.3 is 33.3 Å². The van der Waals surface area contributed by atoms with Gasteiger partial charge in [-0.05, 0) is 115 Å². The number of hydrogen-bond acceptors (Lipinski definition) is 12. The molecule has 0 saturated heterocycles. The van der Waals surface area contributed by atoms with Gasteiger partial charge in [-0.25, -0.2) is 9.59 Å². The van der Waals surface area contributed by atoms with Crippen molar-refractivity contribution in [3.8, 4) is 0 Å². The molecule has 0 saturated carbocycles. The molecule has 0 aliphatic carbocycles. The molecule has 2 unspecified atom stereocenters. The first-order valence-corrected chi connectivity index (χ1v) is 30.5. The Morgan fingerprint density at radius 3 is 0.972 bits per heavy atom. The van der Waals surface area contributed by atoms with Crippen molar-refractivity contribution in [1.29, 1.82) is 0 Å². The molecule has 0 bridgehead atoms. The van der Waals surface area contributed by atoms with E-state index < -0.39 is 12.3 Å². The molecule has 0 aromatic carbocycles. The topological polar surface area (TPSA) is 130 Å². The van der Waals surface area contributed by atoms with Gasteiger partial charge in [0.1, 0.15) is 25.4 Å². The third-order valence-corrected chi connectivity index (χ3v) is 14.3. The van der Waals surface area contributed by atoms with E-state index in [9.17, 15) is 19.2 Å². The lowest BCUT2D eigenvalue weighted by Crippen LogP contribution is -2.39. The second kappa shape index (κ2) is 51.9. The quantitative estimate of drug-likeness (QED) is 0.0327. The van der Waals surface area contributed by atoms with Crippen LogP contribution in [-0.2, 0) is 38.0 Å². The van der Waals surface area contributed by atoms with Crippen LogP contribution in [-0.4, -0.2) is 112 Å². The Bertz CT molecular complexity index is 1130. The minimum absolute atomic E-state index is 0.128. The van der Waals surface area contributed by atoms with Gasteiger partial charge in [0.05, 0.1) is 13.2 Å². The van der Waals surface area contributed by atoms with Gasteiger partial charge in [-0.15, -0.1) is 0 Å². The number of ether oxygens (including phenoxy) is 6. The number of nitrogens with zero attached hydrogens (tertiary/aromatic N) is 2. The van der Waals surface area contributed by atoms with E-state index in [0.717, 1.165) is 129 Å². The Hall–Kier alpha value is -2.60. The van der Waals surface area contributed by atoms with Gasteiger partial charge in [0.15, 0.2) is 0 Å². The Morgan fingerprint density at radius 1 is 0.333 bits per heavy atom. The van der Waals surface area contributed by atoms with E-state index >= 15 is 0 Å². The van der Waals surface area contributed by atoms with E-state index in [-0.39, 0.29) is 37.4 Å². The van der Waals surface area contributed by atoms with Crippen molar-refractivity contribution < 1.29 is 47.6 Å². The monoisotopic (exact) mass is 1020 g/mol. The molecule has 72 heavy (non-hydrogen) atoms. The number of unbranched alkanes of at least 4 members (excludes halogenated alkanes) is 16. The van der Waals surface area contributed by atoms with Gasteiger partial charge in [-0.1, -0.05) is 171 Å². The van der Waals surface area contributed by atoms with E-state index in [1.165, 1.54) is 77.0 Å². The third kappa shape index (κ3) is 43.8. The number of esters is 2. The summed E-state index contributed by atoms with van der Waals surface area (Å²) in [5, 5.41) is 0. The van der Waals surface area contributed by atoms with Crippen LogP contribution < -0.4 is 0 Å². The molecule has 426 valence electrons.